The summed E-state index contributed by atoms with van der Waals surface area (Å²) in [5.74, 6) is 0.670. The Hall–Kier alpha value is -0.840. The van der Waals surface area contributed by atoms with Gasteiger partial charge in [-0.05, 0) is 31.5 Å². The average molecular weight is 298 g/mol. The minimum atomic E-state index is 0.670. The number of hydrogen-bond acceptors (Lipinski definition) is 3. The van der Waals surface area contributed by atoms with Crippen molar-refractivity contribution in [1.82, 2.24) is 15.1 Å². The van der Waals surface area contributed by atoms with Crippen LogP contribution in [0, 0.1) is 12.8 Å². The van der Waals surface area contributed by atoms with E-state index < -0.39 is 0 Å². The molecule has 0 aromatic carbocycles. The summed E-state index contributed by atoms with van der Waals surface area (Å²) in [5.41, 5.74) is 2.49. The molecule has 1 N–H and O–H groups in total. The third-order valence-corrected chi connectivity index (χ3v) is 4.22. The molecule has 0 aliphatic carbocycles. The number of halogens is 1. The third-order valence-electron chi connectivity index (χ3n) is 3.01. The highest BCUT2D eigenvalue weighted by atomic mass is 35.5. The second kappa shape index (κ2) is 6.55. The molecule has 0 aliphatic heterocycles. The molecule has 0 saturated carbocycles. The predicted molar refractivity (Wildman–Crippen MR) is 81.9 cm³/mol. The number of nitrogens with zero attached hydrogens (tertiary/aromatic N) is 2. The summed E-state index contributed by atoms with van der Waals surface area (Å²) in [6.07, 6.45) is 1.96. The Morgan fingerprint density at radius 3 is 2.84 bits per heavy atom. The van der Waals surface area contributed by atoms with E-state index in [1.54, 1.807) is 11.3 Å². The van der Waals surface area contributed by atoms with E-state index in [2.05, 4.69) is 37.3 Å². The lowest BCUT2D eigenvalue weighted by atomic mass is 10.2. The van der Waals surface area contributed by atoms with Gasteiger partial charge in [0.1, 0.15) is 0 Å². The zero-order valence-electron chi connectivity index (χ0n) is 11.6. The van der Waals surface area contributed by atoms with Crippen LogP contribution in [0.2, 0.25) is 4.34 Å². The van der Waals surface area contributed by atoms with E-state index in [9.17, 15) is 0 Å². The van der Waals surface area contributed by atoms with Gasteiger partial charge < -0.3 is 5.32 Å². The molecule has 0 saturated heterocycles. The van der Waals surface area contributed by atoms with Gasteiger partial charge in [-0.25, -0.2) is 0 Å². The smallest absolute Gasteiger partial charge is 0.0931 e. The Labute approximate surface area is 123 Å². The van der Waals surface area contributed by atoms with Crippen LogP contribution in [0.15, 0.2) is 18.3 Å². The lowest BCUT2D eigenvalue weighted by Gasteiger charge is -2.07. The van der Waals surface area contributed by atoms with E-state index in [1.807, 2.05) is 16.9 Å². The van der Waals surface area contributed by atoms with Crippen molar-refractivity contribution < 1.29 is 0 Å². The van der Waals surface area contributed by atoms with Crippen molar-refractivity contribution in [3.05, 3.63) is 38.8 Å². The highest BCUT2D eigenvalue weighted by molar-refractivity contribution is 7.16. The molecule has 0 radical (unpaired) electrons. The second-order valence-electron chi connectivity index (χ2n) is 5.14. The molecule has 2 aromatic heterocycles. The SMILES string of the molecule is Cc1c(CNCC(C)C)cnn1Cc1ccc(Cl)s1. The first kappa shape index (κ1) is 14.6. The van der Waals surface area contributed by atoms with E-state index in [1.165, 1.54) is 16.1 Å². The van der Waals surface area contributed by atoms with Crippen molar-refractivity contribution in [2.24, 2.45) is 5.92 Å². The Morgan fingerprint density at radius 1 is 1.42 bits per heavy atom. The van der Waals surface area contributed by atoms with Crippen molar-refractivity contribution in [2.75, 3.05) is 6.54 Å². The molecule has 0 amide bonds. The van der Waals surface area contributed by atoms with Crippen molar-refractivity contribution in [3.8, 4) is 0 Å². The monoisotopic (exact) mass is 297 g/mol. The van der Waals surface area contributed by atoms with Gasteiger partial charge in [-0.3, -0.25) is 4.68 Å². The first-order valence-electron chi connectivity index (χ1n) is 6.52. The molecule has 2 aromatic rings. The fraction of sp³-hybridized carbons (Fsp3) is 0.500. The first-order valence-corrected chi connectivity index (χ1v) is 7.72. The number of rotatable bonds is 6. The van der Waals surface area contributed by atoms with Crippen molar-refractivity contribution in [1.29, 1.82) is 0 Å². The van der Waals surface area contributed by atoms with E-state index in [0.29, 0.717) is 5.92 Å². The summed E-state index contributed by atoms with van der Waals surface area (Å²) >= 11 is 7.56. The molecule has 0 aliphatic rings. The Morgan fingerprint density at radius 2 is 2.21 bits per heavy atom. The van der Waals surface area contributed by atoms with Crippen LogP contribution in [0.25, 0.3) is 0 Å². The molecule has 0 fully saturated rings. The van der Waals surface area contributed by atoms with E-state index in [4.69, 9.17) is 11.6 Å². The molecular formula is C14H20ClN3S. The maximum Gasteiger partial charge on any atom is 0.0931 e. The van der Waals surface area contributed by atoms with Crippen molar-refractivity contribution in [3.63, 3.8) is 0 Å². The summed E-state index contributed by atoms with van der Waals surface area (Å²) in [7, 11) is 0. The molecule has 0 bridgehead atoms. The second-order valence-corrected chi connectivity index (χ2v) is 6.94. The van der Waals surface area contributed by atoms with Crippen LogP contribution < -0.4 is 5.32 Å². The molecule has 2 heterocycles. The molecule has 0 unspecified atom stereocenters. The highest BCUT2D eigenvalue weighted by Crippen LogP contribution is 2.22. The van der Waals surface area contributed by atoms with E-state index in [0.717, 1.165) is 24.0 Å². The summed E-state index contributed by atoms with van der Waals surface area (Å²) in [6.45, 7) is 9.26. The van der Waals surface area contributed by atoms with Crippen LogP contribution in [-0.4, -0.2) is 16.3 Å². The molecule has 3 nitrogen and oxygen atoms in total. The lowest BCUT2D eigenvalue weighted by Crippen LogP contribution is -2.19. The van der Waals surface area contributed by atoms with Gasteiger partial charge >= 0.3 is 0 Å². The third kappa shape index (κ3) is 4.06. The quantitative estimate of drug-likeness (QED) is 0.881. The molecule has 2 rings (SSSR count). The first-order chi connectivity index (χ1) is 9.06. The maximum absolute atomic E-state index is 5.95. The Kier molecular flexibility index (Phi) is 5.02. The van der Waals surface area contributed by atoms with Crippen LogP contribution in [-0.2, 0) is 13.1 Å². The number of aromatic nitrogens is 2. The summed E-state index contributed by atoms with van der Waals surface area (Å²) in [5, 5.41) is 7.91. The van der Waals surface area contributed by atoms with Gasteiger partial charge in [0, 0.05) is 22.7 Å². The zero-order chi connectivity index (χ0) is 13.8. The minimum absolute atomic E-state index is 0.670. The van der Waals surface area contributed by atoms with Crippen LogP contribution >= 0.6 is 22.9 Å². The summed E-state index contributed by atoms with van der Waals surface area (Å²) < 4.78 is 2.87. The lowest BCUT2D eigenvalue weighted by molar-refractivity contribution is 0.551. The van der Waals surface area contributed by atoms with Gasteiger partial charge in [0.15, 0.2) is 0 Å². The van der Waals surface area contributed by atoms with Crippen molar-refractivity contribution >= 4 is 22.9 Å². The van der Waals surface area contributed by atoms with Gasteiger partial charge in [-0.1, -0.05) is 25.4 Å². The summed E-state index contributed by atoms with van der Waals surface area (Å²) in [4.78, 5) is 1.23. The van der Waals surface area contributed by atoms with Crippen LogP contribution in [0.5, 0.6) is 0 Å². The van der Waals surface area contributed by atoms with E-state index in [-0.39, 0.29) is 0 Å². The van der Waals surface area contributed by atoms with Crippen molar-refractivity contribution in [2.45, 2.75) is 33.9 Å². The maximum atomic E-state index is 5.95. The number of thiophene rings is 1. The normalized spacial score (nSPS) is 11.4. The van der Waals surface area contributed by atoms with Crippen LogP contribution in [0.4, 0.5) is 0 Å². The predicted octanol–water partition coefficient (Wildman–Crippen LogP) is 3.70. The van der Waals surface area contributed by atoms with Gasteiger partial charge in [0.2, 0.25) is 0 Å². The molecule has 104 valence electrons. The highest BCUT2D eigenvalue weighted by Gasteiger charge is 2.08. The Balaban J connectivity index is 1.97. The standard InChI is InChI=1S/C14H20ClN3S/c1-10(2)6-16-7-12-8-17-18(11(12)3)9-13-4-5-14(15)19-13/h4-5,8,10,16H,6-7,9H2,1-3H3. The molecule has 5 heteroatoms. The molecular weight excluding hydrogens is 278 g/mol. The molecule has 0 spiro atoms. The topological polar surface area (TPSA) is 29.9 Å². The number of hydrogen-bond donors (Lipinski definition) is 1. The van der Waals surface area contributed by atoms with Gasteiger partial charge in [-0.15, -0.1) is 11.3 Å². The zero-order valence-corrected chi connectivity index (χ0v) is 13.2. The van der Waals surface area contributed by atoms with E-state index >= 15 is 0 Å². The van der Waals surface area contributed by atoms with Crippen LogP contribution in [0.3, 0.4) is 0 Å². The van der Waals surface area contributed by atoms with Gasteiger partial charge in [0.05, 0.1) is 17.1 Å². The average Bonchev–Trinajstić information content (AvgIpc) is 2.89. The summed E-state index contributed by atoms with van der Waals surface area (Å²) in [6, 6.07) is 4.00. The molecule has 19 heavy (non-hydrogen) atoms. The fourth-order valence-corrected chi connectivity index (χ4v) is 2.97. The minimum Gasteiger partial charge on any atom is -0.312 e. The molecule has 0 atom stereocenters. The Bertz CT molecular complexity index is 531. The fourth-order valence-electron chi connectivity index (χ4n) is 1.90. The largest absolute Gasteiger partial charge is 0.312 e. The van der Waals surface area contributed by atoms with Gasteiger partial charge in [0.25, 0.3) is 0 Å². The number of nitrogens with one attached hydrogen (secondary N) is 1. The van der Waals surface area contributed by atoms with Crippen LogP contribution in [0.1, 0.15) is 30.0 Å². The van der Waals surface area contributed by atoms with Gasteiger partial charge in [-0.2, -0.15) is 5.10 Å².